The molecular formula is C12H9BrN2OS. The SMILES string of the molecule is CC(=O)c1ccc(Sc2ccc(Br)cn2)cn1. The molecule has 0 aromatic carbocycles. The predicted octanol–water partition coefficient (Wildman–Crippen LogP) is 3.59. The highest BCUT2D eigenvalue weighted by Gasteiger charge is 2.02. The molecule has 2 aromatic rings. The highest BCUT2D eigenvalue weighted by atomic mass is 79.9. The van der Waals surface area contributed by atoms with E-state index in [1.54, 1.807) is 18.5 Å². The fourth-order valence-corrected chi connectivity index (χ4v) is 2.15. The van der Waals surface area contributed by atoms with Crippen molar-refractivity contribution >= 4 is 33.5 Å². The molecule has 0 aliphatic heterocycles. The third kappa shape index (κ3) is 3.38. The smallest absolute Gasteiger partial charge is 0.178 e. The van der Waals surface area contributed by atoms with Crippen LogP contribution in [0.5, 0.6) is 0 Å². The molecule has 0 atom stereocenters. The van der Waals surface area contributed by atoms with E-state index in [1.807, 2.05) is 18.2 Å². The quantitative estimate of drug-likeness (QED) is 0.813. The molecular weight excluding hydrogens is 300 g/mol. The summed E-state index contributed by atoms with van der Waals surface area (Å²) in [5, 5.41) is 0.894. The molecule has 0 aliphatic rings. The molecule has 2 heterocycles. The van der Waals surface area contributed by atoms with Crippen LogP contribution in [-0.2, 0) is 0 Å². The van der Waals surface area contributed by atoms with Crippen molar-refractivity contribution < 1.29 is 4.79 Å². The Bertz CT molecular complexity index is 525. The van der Waals surface area contributed by atoms with Gasteiger partial charge in [0.15, 0.2) is 5.78 Å². The molecule has 0 unspecified atom stereocenters. The Morgan fingerprint density at radius 2 is 2.00 bits per heavy atom. The lowest BCUT2D eigenvalue weighted by atomic mass is 10.3. The van der Waals surface area contributed by atoms with Gasteiger partial charge in [-0.1, -0.05) is 11.8 Å². The van der Waals surface area contributed by atoms with E-state index in [4.69, 9.17) is 0 Å². The van der Waals surface area contributed by atoms with Crippen LogP contribution in [0.1, 0.15) is 17.4 Å². The Balaban J connectivity index is 2.13. The molecule has 0 saturated heterocycles. The fraction of sp³-hybridized carbons (Fsp3) is 0.0833. The average Bonchev–Trinajstić information content (AvgIpc) is 2.33. The Labute approximate surface area is 112 Å². The lowest BCUT2D eigenvalue weighted by Gasteiger charge is -2.01. The summed E-state index contributed by atoms with van der Waals surface area (Å²) >= 11 is 4.85. The monoisotopic (exact) mass is 308 g/mol. The Morgan fingerprint density at radius 3 is 2.53 bits per heavy atom. The highest BCUT2D eigenvalue weighted by Crippen LogP contribution is 2.25. The van der Waals surface area contributed by atoms with Gasteiger partial charge in [-0.25, -0.2) is 4.98 Å². The van der Waals surface area contributed by atoms with Crippen LogP contribution in [-0.4, -0.2) is 15.8 Å². The van der Waals surface area contributed by atoms with Crippen LogP contribution in [0.2, 0.25) is 0 Å². The minimum atomic E-state index is -0.0247. The number of hydrogen-bond acceptors (Lipinski definition) is 4. The van der Waals surface area contributed by atoms with Gasteiger partial charge < -0.3 is 0 Å². The molecule has 2 rings (SSSR count). The first-order chi connectivity index (χ1) is 8.15. The second kappa shape index (κ2) is 5.42. The number of hydrogen-bond donors (Lipinski definition) is 0. The molecule has 5 heteroatoms. The molecule has 0 fully saturated rings. The van der Waals surface area contributed by atoms with Crippen molar-refractivity contribution in [3.63, 3.8) is 0 Å². The number of aromatic nitrogens is 2. The zero-order valence-corrected chi connectivity index (χ0v) is 11.5. The predicted molar refractivity (Wildman–Crippen MR) is 70.3 cm³/mol. The molecule has 0 aliphatic carbocycles. The molecule has 17 heavy (non-hydrogen) atoms. The van der Waals surface area contributed by atoms with Crippen LogP contribution in [0.4, 0.5) is 0 Å². The number of ketones is 1. The summed E-state index contributed by atoms with van der Waals surface area (Å²) in [7, 11) is 0. The van der Waals surface area contributed by atoms with E-state index in [9.17, 15) is 4.79 Å². The van der Waals surface area contributed by atoms with Gasteiger partial charge in [0, 0.05) is 28.7 Å². The molecule has 3 nitrogen and oxygen atoms in total. The third-order valence-electron chi connectivity index (χ3n) is 2.02. The zero-order chi connectivity index (χ0) is 12.3. The highest BCUT2D eigenvalue weighted by molar-refractivity contribution is 9.10. The lowest BCUT2D eigenvalue weighted by molar-refractivity contribution is 0.101. The minimum Gasteiger partial charge on any atom is -0.293 e. The number of carbonyl (C=O) groups excluding carboxylic acids is 1. The van der Waals surface area contributed by atoms with Gasteiger partial charge in [0.2, 0.25) is 0 Å². The summed E-state index contributed by atoms with van der Waals surface area (Å²) in [4.78, 5) is 20.4. The summed E-state index contributed by atoms with van der Waals surface area (Å²) in [5.41, 5.74) is 0.484. The van der Waals surface area contributed by atoms with Crippen LogP contribution < -0.4 is 0 Å². The first kappa shape index (κ1) is 12.3. The summed E-state index contributed by atoms with van der Waals surface area (Å²) in [5.74, 6) is -0.0247. The van der Waals surface area contributed by atoms with Gasteiger partial charge in [0.25, 0.3) is 0 Å². The zero-order valence-electron chi connectivity index (χ0n) is 9.05. The molecule has 0 amide bonds. The van der Waals surface area contributed by atoms with E-state index in [2.05, 4.69) is 25.9 Å². The topological polar surface area (TPSA) is 42.9 Å². The van der Waals surface area contributed by atoms with Crippen LogP contribution in [0.3, 0.4) is 0 Å². The maximum absolute atomic E-state index is 11.1. The van der Waals surface area contributed by atoms with Crippen LogP contribution >= 0.6 is 27.7 Å². The molecule has 2 aromatic heterocycles. The number of rotatable bonds is 3. The van der Waals surface area contributed by atoms with Crippen molar-refractivity contribution in [2.75, 3.05) is 0 Å². The standard InChI is InChI=1S/C12H9BrN2OS/c1-8(16)11-4-3-10(7-14-11)17-12-5-2-9(13)6-15-12/h2-7H,1H3. The van der Waals surface area contributed by atoms with E-state index < -0.39 is 0 Å². The number of nitrogens with zero attached hydrogens (tertiary/aromatic N) is 2. The minimum absolute atomic E-state index is 0.0247. The number of pyridine rings is 2. The van der Waals surface area contributed by atoms with E-state index in [0.717, 1.165) is 14.4 Å². The van der Waals surface area contributed by atoms with Crippen molar-refractivity contribution in [2.24, 2.45) is 0 Å². The number of halogens is 1. The third-order valence-corrected chi connectivity index (χ3v) is 3.42. The van der Waals surface area contributed by atoms with Crippen LogP contribution in [0.15, 0.2) is 51.1 Å². The van der Waals surface area contributed by atoms with Crippen molar-refractivity contribution in [2.45, 2.75) is 16.8 Å². The van der Waals surface area contributed by atoms with Crippen molar-refractivity contribution in [1.82, 2.24) is 9.97 Å². The van der Waals surface area contributed by atoms with Gasteiger partial charge >= 0.3 is 0 Å². The van der Waals surface area contributed by atoms with Crippen molar-refractivity contribution in [3.05, 3.63) is 46.8 Å². The molecule has 0 saturated carbocycles. The normalized spacial score (nSPS) is 10.2. The summed E-state index contributed by atoms with van der Waals surface area (Å²) < 4.78 is 0.951. The second-order valence-electron chi connectivity index (χ2n) is 3.35. The van der Waals surface area contributed by atoms with E-state index in [1.165, 1.54) is 18.7 Å². The molecule has 0 bridgehead atoms. The number of Topliss-reactive ketones (excluding diaryl/α,β-unsaturated/α-hetero) is 1. The van der Waals surface area contributed by atoms with Gasteiger partial charge in [-0.2, -0.15) is 0 Å². The molecule has 86 valence electrons. The van der Waals surface area contributed by atoms with Gasteiger partial charge in [0.1, 0.15) is 10.7 Å². The van der Waals surface area contributed by atoms with E-state index >= 15 is 0 Å². The summed E-state index contributed by atoms with van der Waals surface area (Å²) in [6, 6.07) is 7.46. The Kier molecular flexibility index (Phi) is 3.91. The van der Waals surface area contributed by atoms with Crippen molar-refractivity contribution in [1.29, 1.82) is 0 Å². The van der Waals surface area contributed by atoms with Gasteiger partial charge in [0.05, 0.1) is 0 Å². The molecule has 0 N–H and O–H groups in total. The summed E-state index contributed by atoms with van der Waals surface area (Å²) in [6.07, 6.45) is 3.44. The van der Waals surface area contributed by atoms with Crippen LogP contribution in [0, 0.1) is 0 Å². The Morgan fingerprint density at radius 1 is 1.18 bits per heavy atom. The molecule has 0 radical (unpaired) electrons. The summed E-state index contributed by atoms with van der Waals surface area (Å²) in [6.45, 7) is 1.51. The first-order valence-corrected chi connectivity index (χ1v) is 6.52. The van der Waals surface area contributed by atoms with E-state index in [-0.39, 0.29) is 5.78 Å². The maximum Gasteiger partial charge on any atom is 0.178 e. The number of carbonyl (C=O) groups is 1. The lowest BCUT2D eigenvalue weighted by Crippen LogP contribution is -1.95. The first-order valence-electron chi connectivity index (χ1n) is 4.91. The fourth-order valence-electron chi connectivity index (χ4n) is 1.19. The maximum atomic E-state index is 11.1. The average molecular weight is 309 g/mol. The second-order valence-corrected chi connectivity index (χ2v) is 5.36. The van der Waals surface area contributed by atoms with E-state index in [0.29, 0.717) is 5.69 Å². The van der Waals surface area contributed by atoms with Gasteiger partial charge in [-0.15, -0.1) is 0 Å². The van der Waals surface area contributed by atoms with Crippen LogP contribution in [0.25, 0.3) is 0 Å². The van der Waals surface area contributed by atoms with Gasteiger partial charge in [-0.3, -0.25) is 9.78 Å². The van der Waals surface area contributed by atoms with Gasteiger partial charge in [-0.05, 0) is 40.2 Å². The van der Waals surface area contributed by atoms with Crippen molar-refractivity contribution in [3.8, 4) is 0 Å². The largest absolute Gasteiger partial charge is 0.293 e. The molecule has 0 spiro atoms. The Hall–Kier alpha value is -1.20.